The van der Waals surface area contributed by atoms with Crippen molar-refractivity contribution in [1.82, 2.24) is 4.98 Å². The molecule has 1 aromatic carbocycles. The molecule has 25 heavy (non-hydrogen) atoms. The van der Waals surface area contributed by atoms with E-state index in [1.54, 1.807) is 0 Å². The van der Waals surface area contributed by atoms with Crippen LogP contribution in [0.1, 0.15) is 35.9 Å². The van der Waals surface area contributed by atoms with E-state index in [2.05, 4.69) is 33.0 Å². The van der Waals surface area contributed by atoms with E-state index >= 15 is 0 Å². The lowest BCUT2D eigenvalue weighted by Crippen LogP contribution is -2.12. The smallest absolute Gasteiger partial charge is 0.310 e. The molecule has 0 atom stereocenters. The predicted octanol–water partition coefficient (Wildman–Crippen LogP) is 4.56. The Morgan fingerprint density at radius 2 is 2.12 bits per heavy atom. The standard InChI is InChI=1S/C20H22BrNO3/c1-4-24-18(23)11-16-12(2)22-13(3)20(21)19(16)15-7-8-17-14(10-15)6-5-9-25-17/h7-8,10H,4-6,9,11H2,1-3H3. The lowest BCUT2D eigenvalue weighted by Gasteiger charge is -2.20. The number of halogens is 1. The zero-order valence-electron chi connectivity index (χ0n) is 14.8. The van der Waals surface area contributed by atoms with Gasteiger partial charge in [-0.3, -0.25) is 9.78 Å². The van der Waals surface area contributed by atoms with Crippen molar-refractivity contribution < 1.29 is 14.3 Å². The summed E-state index contributed by atoms with van der Waals surface area (Å²) in [7, 11) is 0. The first-order chi connectivity index (χ1) is 12.0. The van der Waals surface area contributed by atoms with Crippen LogP contribution in [-0.2, 0) is 22.4 Å². The second-order valence-electron chi connectivity index (χ2n) is 6.21. The molecule has 4 nitrogen and oxygen atoms in total. The first-order valence-electron chi connectivity index (χ1n) is 8.58. The fraction of sp³-hybridized carbons (Fsp3) is 0.400. The quantitative estimate of drug-likeness (QED) is 0.702. The van der Waals surface area contributed by atoms with E-state index in [1.807, 2.05) is 26.8 Å². The number of fused-ring (bicyclic) bond motifs is 1. The normalized spacial score (nSPS) is 13.1. The number of esters is 1. The number of nitrogens with zero attached hydrogens (tertiary/aromatic N) is 1. The largest absolute Gasteiger partial charge is 0.493 e. The number of ether oxygens (including phenoxy) is 2. The number of aromatic nitrogens is 1. The first-order valence-corrected chi connectivity index (χ1v) is 9.37. The van der Waals surface area contributed by atoms with Crippen LogP contribution < -0.4 is 4.74 Å². The van der Waals surface area contributed by atoms with Gasteiger partial charge in [0.1, 0.15) is 5.75 Å². The van der Waals surface area contributed by atoms with Gasteiger partial charge in [-0.2, -0.15) is 0 Å². The summed E-state index contributed by atoms with van der Waals surface area (Å²) in [4.78, 5) is 16.7. The second kappa shape index (κ2) is 7.56. The zero-order chi connectivity index (χ0) is 18.0. The number of carbonyl (C=O) groups excluding carboxylic acids is 1. The van der Waals surface area contributed by atoms with Gasteiger partial charge in [0, 0.05) is 15.7 Å². The van der Waals surface area contributed by atoms with Crippen molar-refractivity contribution in [1.29, 1.82) is 0 Å². The van der Waals surface area contributed by atoms with Crippen LogP contribution in [0.25, 0.3) is 11.1 Å². The van der Waals surface area contributed by atoms with E-state index in [-0.39, 0.29) is 12.4 Å². The number of hydrogen-bond acceptors (Lipinski definition) is 4. The fourth-order valence-corrected chi connectivity index (χ4v) is 3.81. The molecule has 1 aliphatic rings. The molecule has 5 heteroatoms. The molecule has 1 aromatic heterocycles. The molecule has 0 saturated heterocycles. The van der Waals surface area contributed by atoms with Crippen LogP contribution in [0, 0.1) is 13.8 Å². The van der Waals surface area contributed by atoms with Crippen LogP contribution in [0.5, 0.6) is 5.75 Å². The minimum atomic E-state index is -0.231. The van der Waals surface area contributed by atoms with E-state index in [9.17, 15) is 4.79 Å². The van der Waals surface area contributed by atoms with Gasteiger partial charge in [-0.1, -0.05) is 6.07 Å². The van der Waals surface area contributed by atoms with Crippen LogP contribution in [0.3, 0.4) is 0 Å². The minimum Gasteiger partial charge on any atom is -0.493 e. The van der Waals surface area contributed by atoms with E-state index in [4.69, 9.17) is 9.47 Å². The van der Waals surface area contributed by atoms with E-state index in [0.29, 0.717) is 6.61 Å². The Balaban J connectivity index is 2.12. The number of carbonyl (C=O) groups is 1. The van der Waals surface area contributed by atoms with Crippen LogP contribution >= 0.6 is 15.9 Å². The molecular weight excluding hydrogens is 382 g/mol. The number of hydrogen-bond donors (Lipinski definition) is 0. The predicted molar refractivity (Wildman–Crippen MR) is 101 cm³/mol. The third-order valence-corrected chi connectivity index (χ3v) is 5.41. The fourth-order valence-electron chi connectivity index (χ4n) is 3.25. The average Bonchev–Trinajstić information content (AvgIpc) is 2.60. The summed E-state index contributed by atoms with van der Waals surface area (Å²) in [5, 5.41) is 0. The third-order valence-electron chi connectivity index (χ3n) is 4.43. The van der Waals surface area contributed by atoms with Gasteiger partial charge in [-0.25, -0.2) is 0 Å². The molecule has 0 bridgehead atoms. The lowest BCUT2D eigenvalue weighted by molar-refractivity contribution is -0.142. The molecule has 3 rings (SSSR count). The molecule has 0 aliphatic carbocycles. The maximum Gasteiger partial charge on any atom is 0.310 e. The van der Waals surface area contributed by atoms with Crippen molar-refractivity contribution in [3.63, 3.8) is 0 Å². The van der Waals surface area contributed by atoms with Crippen LogP contribution in [0.15, 0.2) is 22.7 Å². The summed E-state index contributed by atoms with van der Waals surface area (Å²) < 4.78 is 11.8. The molecule has 0 radical (unpaired) electrons. The average molecular weight is 404 g/mol. The molecular formula is C20H22BrNO3. The lowest BCUT2D eigenvalue weighted by atomic mass is 9.93. The summed E-state index contributed by atoms with van der Waals surface area (Å²) in [5.41, 5.74) is 5.99. The van der Waals surface area contributed by atoms with Crippen LogP contribution in [-0.4, -0.2) is 24.2 Å². The van der Waals surface area contributed by atoms with E-state index in [0.717, 1.165) is 57.7 Å². The van der Waals surface area contributed by atoms with Crippen molar-refractivity contribution >= 4 is 21.9 Å². The maximum absolute atomic E-state index is 12.1. The van der Waals surface area contributed by atoms with Gasteiger partial charge in [0.05, 0.1) is 25.3 Å². The Hall–Kier alpha value is -1.88. The highest BCUT2D eigenvalue weighted by molar-refractivity contribution is 9.10. The van der Waals surface area contributed by atoms with Gasteiger partial charge in [-0.15, -0.1) is 0 Å². The zero-order valence-corrected chi connectivity index (χ0v) is 16.4. The maximum atomic E-state index is 12.1. The first kappa shape index (κ1) is 17.9. The monoisotopic (exact) mass is 403 g/mol. The van der Waals surface area contributed by atoms with Crippen LogP contribution in [0.2, 0.25) is 0 Å². The molecule has 0 unspecified atom stereocenters. The van der Waals surface area contributed by atoms with Crippen molar-refractivity contribution in [3.05, 3.63) is 45.2 Å². The highest BCUT2D eigenvalue weighted by Gasteiger charge is 2.20. The Kier molecular flexibility index (Phi) is 5.42. The highest BCUT2D eigenvalue weighted by Crippen LogP contribution is 2.38. The molecule has 0 spiro atoms. The van der Waals surface area contributed by atoms with Crippen molar-refractivity contribution in [2.24, 2.45) is 0 Å². The molecule has 1 aliphatic heterocycles. The molecule has 0 N–H and O–H groups in total. The molecule has 0 fully saturated rings. The van der Waals surface area contributed by atoms with Crippen molar-refractivity contribution in [3.8, 4) is 16.9 Å². The molecule has 2 aromatic rings. The van der Waals surface area contributed by atoms with Gasteiger partial charge >= 0.3 is 5.97 Å². The van der Waals surface area contributed by atoms with Crippen LogP contribution in [0.4, 0.5) is 0 Å². The van der Waals surface area contributed by atoms with Gasteiger partial charge in [0.25, 0.3) is 0 Å². The Bertz CT molecular complexity index is 817. The van der Waals surface area contributed by atoms with Gasteiger partial charge in [0.2, 0.25) is 0 Å². The second-order valence-corrected chi connectivity index (χ2v) is 7.00. The summed E-state index contributed by atoms with van der Waals surface area (Å²) in [5.74, 6) is 0.728. The summed E-state index contributed by atoms with van der Waals surface area (Å²) in [6, 6.07) is 6.25. The Morgan fingerprint density at radius 1 is 1.32 bits per heavy atom. The number of benzene rings is 1. The van der Waals surface area contributed by atoms with Crippen molar-refractivity contribution in [2.45, 2.75) is 40.0 Å². The van der Waals surface area contributed by atoms with Crippen molar-refractivity contribution in [2.75, 3.05) is 13.2 Å². The Labute approximate surface area is 156 Å². The molecule has 132 valence electrons. The summed E-state index contributed by atoms with van der Waals surface area (Å²) >= 11 is 3.68. The van der Waals surface area contributed by atoms with Gasteiger partial charge < -0.3 is 9.47 Å². The number of aryl methyl sites for hydroxylation is 3. The van der Waals surface area contributed by atoms with E-state index < -0.39 is 0 Å². The number of pyridine rings is 1. The van der Waals surface area contributed by atoms with Gasteiger partial charge in [-0.05, 0) is 78.4 Å². The summed E-state index contributed by atoms with van der Waals surface area (Å²) in [6.07, 6.45) is 2.26. The Morgan fingerprint density at radius 3 is 2.88 bits per heavy atom. The third kappa shape index (κ3) is 3.71. The molecule has 0 amide bonds. The minimum absolute atomic E-state index is 0.217. The SMILES string of the molecule is CCOC(=O)Cc1c(C)nc(C)c(Br)c1-c1ccc2c(c1)CCCO2. The molecule has 2 heterocycles. The number of rotatable bonds is 4. The molecule has 0 saturated carbocycles. The topological polar surface area (TPSA) is 48.4 Å². The summed E-state index contributed by atoms with van der Waals surface area (Å²) in [6.45, 7) is 6.88. The van der Waals surface area contributed by atoms with Gasteiger partial charge in [0.15, 0.2) is 0 Å². The highest BCUT2D eigenvalue weighted by atomic mass is 79.9. The van der Waals surface area contributed by atoms with E-state index in [1.165, 1.54) is 5.56 Å².